The number of hydrogen-bond donors (Lipinski definition) is 0. The van der Waals surface area contributed by atoms with E-state index in [4.69, 9.17) is 9.47 Å². The molecule has 0 aromatic heterocycles. The first kappa shape index (κ1) is 15.4. The van der Waals surface area contributed by atoms with Crippen LogP contribution in [0.3, 0.4) is 0 Å². The lowest BCUT2D eigenvalue weighted by molar-refractivity contribution is -0.134. The first-order chi connectivity index (χ1) is 9.22. The molecule has 1 atom stereocenters. The number of esters is 1. The van der Waals surface area contributed by atoms with Crippen LogP contribution in [-0.2, 0) is 25.6 Å². The summed E-state index contributed by atoms with van der Waals surface area (Å²) in [5.41, 5.74) is 1.12. The molecule has 0 bridgehead atoms. The van der Waals surface area contributed by atoms with Crippen LogP contribution < -0.4 is 0 Å². The van der Waals surface area contributed by atoms with Crippen LogP contribution >= 0.6 is 0 Å². The van der Waals surface area contributed by atoms with Gasteiger partial charge in [0.1, 0.15) is 6.79 Å². The van der Waals surface area contributed by atoms with Gasteiger partial charge in [0.25, 0.3) is 0 Å². The monoisotopic (exact) mass is 264 g/mol. The number of rotatable bonds is 8. The zero-order chi connectivity index (χ0) is 13.9. The fraction of sp³-hybridized carbons (Fsp3) is 0.400. The Bertz CT molecular complexity index is 386. The molecule has 0 radical (unpaired) electrons. The Morgan fingerprint density at radius 3 is 2.74 bits per heavy atom. The zero-order valence-corrected chi connectivity index (χ0v) is 11.4. The molecule has 0 unspecified atom stereocenters. The van der Waals surface area contributed by atoms with Gasteiger partial charge in [-0.1, -0.05) is 36.4 Å². The standard InChI is InChI=1S/C15H20O4/c1-13(7-6-10-15(16)17-2)19-12-18-11-14-8-4-3-5-9-14/h3-6,8-10,13H,7,11-12H2,1-2H3/b10-6+/t13-/m1/s1. The van der Waals surface area contributed by atoms with Crippen LogP contribution in [-0.4, -0.2) is 26.0 Å². The maximum absolute atomic E-state index is 10.8. The molecule has 1 rings (SSSR count). The molecule has 0 saturated carbocycles. The van der Waals surface area contributed by atoms with Crippen molar-refractivity contribution < 1.29 is 19.0 Å². The number of ether oxygens (including phenoxy) is 3. The largest absolute Gasteiger partial charge is 0.466 e. The lowest BCUT2D eigenvalue weighted by atomic mass is 10.2. The van der Waals surface area contributed by atoms with Gasteiger partial charge in [-0.2, -0.15) is 0 Å². The molecule has 19 heavy (non-hydrogen) atoms. The summed E-state index contributed by atoms with van der Waals surface area (Å²) in [6.07, 6.45) is 3.76. The SMILES string of the molecule is COC(=O)/C=C/C[C@@H](C)OCOCc1ccccc1. The average Bonchev–Trinajstić information content (AvgIpc) is 2.44. The van der Waals surface area contributed by atoms with Gasteiger partial charge in [-0.15, -0.1) is 0 Å². The van der Waals surface area contributed by atoms with Crippen LogP contribution in [0.4, 0.5) is 0 Å². The molecule has 0 aliphatic rings. The van der Waals surface area contributed by atoms with E-state index in [1.54, 1.807) is 6.08 Å². The van der Waals surface area contributed by atoms with Crippen molar-refractivity contribution in [1.82, 2.24) is 0 Å². The van der Waals surface area contributed by atoms with Crippen LogP contribution in [0.5, 0.6) is 0 Å². The van der Waals surface area contributed by atoms with Crippen LogP contribution in [0.15, 0.2) is 42.5 Å². The zero-order valence-electron chi connectivity index (χ0n) is 11.4. The molecule has 4 heteroatoms. The average molecular weight is 264 g/mol. The summed E-state index contributed by atoms with van der Waals surface area (Å²) in [4.78, 5) is 10.8. The normalized spacial score (nSPS) is 12.5. The summed E-state index contributed by atoms with van der Waals surface area (Å²) in [5.74, 6) is -0.354. The Morgan fingerprint density at radius 2 is 2.05 bits per heavy atom. The van der Waals surface area contributed by atoms with E-state index in [0.717, 1.165) is 5.56 Å². The van der Waals surface area contributed by atoms with Crippen LogP contribution in [0.1, 0.15) is 18.9 Å². The third kappa shape index (κ3) is 7.39. The minimum Gasteiger partial charge on any atom is -0.466 e. The van der Waals surface area contributed by atoms with Crippen molar-refractivity contribution in [2.24, 2.45) is 0 Å². The van der Waals surface area contributed by atoms with Crippen molar-refractivity contribution in [2.75, 3.05) is 13.9 Å². The van der Waals surface area contributed by atoms with Crippen molar-refractivity contribution >= 4 is 5.97 Å². The molecule has 0 amide bonds. The van der Waals surface area contributed by atoms with Crippen molar-refractivity contribution in [2.45, 2.75) is 26.1 Å². The minimum absolute atomic E-state index is 0.00307. The molecule has 0 N–H and O–H groups in total. The van der Waals surface area contributed by atoms with Gasteiger partial charge in [-0.25, -0.2) is 4.79 Å². The first-order valence-corrected chi connectivity index (χ1v) is 6.20. The van der Waals surface area contributed by atoms with Gasteiger partial charge in [0.2, 0.25) is 0 Å². The Hall–Kier alpha value is -1.65. The lowest BCUT2D eigenvalue weighted by Crippen LogP contribution is -2.10. The van der Waals surface area contributed by atoms with Crippen LogP contribution in [0, 0.1) is 0 Å². The number of methoxy groups -OCH3 is 1. The van der Waals surface area contributed by atoms with Gasteiger partial charge in [-0.3, -0.25) is 0 Å². The summed E-state index contributed by atoms with van der Waals surface area (Å²) in [5, 5.41) is 0. The van der Waals surface area contributed by atoms with Gasteiger partial charge in [0.05, 0.1) is 19.8 Å². The smallest absolute Gasteiger partial charge is 0.330 e. The molecule has 104 valence electrons. The summed E-state index contributed by atoms with van der Waals surface area (Å²) in [6.45, 7) is 2.70. The van der Waals surface area contributed by atoms with Gasteiger partial charge in [0, 0.05) is 6.08 Å². The van der Waals surface area contributed by atoms with Crippen LogP contribution in [0.2, 0.25) is 0 Å². The highest BCUT2D eigenvalue weighted by molar-refractivity contribution is 5.81. The molecule has 0 aliphatic heterocycles. The molecular formula is C15H20O4. The maximum Gasteiger partial charge on any atom is 0.330 e. The second kappa shape index (κ2) is 9.30. The number of benzene rings is 1. The second-order valence-electron chi connectivity index (χ2n) is 4.09. The lowest BCUT2D eigenvalue weighted by Gasteiger charge is -2.11. The third-order valence-electron chi connectivity index (χ3n) is 2.47. The van der Waals surface area contributed by atoms with Gasteiger partial charge in [-0.05, 0) is 18.9 Å². The van der Waals surface area contributed by atoms with Gasteiger partial charge >= 0.3 is 5.97 Å². The summed E-state index contributed by atoms with van der Waals surface area (Å²) in [6, 6.07) is 9.92. The molecule has 0 saturated heterocycles. The van der Waals surface area contributed by atoms with E-state index in [0.29, 0.717) is 13.0 Å². The summed E-state index contributed by atoms with van der Waals surface area (Å²) >= 11 is 0. The van der Waals surface area contributed by atoms with Crippen molar-refractivity contribution in [3.63, 3.8) is 0 Å². The van der Waals surface area contributed by atoms with E-state index in [-0.39, 0.29) is 18.9 Å². The predicted molar refractivity (Wildman–Crippen MR) is 72.4 cm³/mol. The Kier molecular flexibility index (Phi) is 7.54. The van der Waals surface area contributed by atoms with E-state index in [2.05, 4.69) is 4.74 Å². The summed E-state index contributed by atoms with van der Waals surface area (Å²) < 4.78 is 15.3. The molecule has 0 fully saturated rings. The number of hydrogen-bond acceptors (Lipinski definition) is 4. The van der Waals surface area contributed by atoms with E-state index < -0.39 is 0 Å². The number of carbonyl (C=O) groups is 1. The topological polar surface area (TPSA) is 44.8 Å². The van der Waals surface area contributed by atoms with E-state index in [9.17, 15) is 4.79 Å². The Morgan fingerprint density at radius 1 is 1.32 bits per heavy atom. The fourth-order valence-corrected chi connectivity index (χ4v) is 1.39. The molecule has 1 aromatic rings. The highest BCUT2D eigenvalue weighted by Crippen LogP contribution is 2.03. The van der Waals surface area contributed by atoms with E-state index >= 15 is 0 Å². The number of carbonyl (C=O) groups excluding carboxylic acids is 1. The Labute approximate surface area is 114 Å². The first-order valence-electron chi connectivity index (χ1n) is 6.20. The van der Waals surface area contributed by atoms with E-state index in [1.165, 1.54) is 13.2 Å². The van der Waals surface area contributed by atoms with E-state index in [1.807, 2.05) is 37.3 Å². The molecule has 4 nitrogen and oxygen atoms in total. The quantitative estimate of drug-likeness (QED) is 0.313. The van der Waals surface area contributed by atoms with Crippen molar-refractivity contribution in [3.05, 3.63) is 48.0 Å². The van der Waals surface area contributed by atoms with Crippen molar-refractivity contribution in [1.29, 1.82) is 0 Å². The predicted octanol–water partition coefficient (Wildman–Crippen LogP) is 2.69. The molecule has 0 heterocycles. The molecular weight excluding hydrogens is 244 g/mol. The highest BCUT2D eigenvalue weighted by Gasteiger charge is 2.00. The van der Waals surface area contributed by atoms with Crippen molar-refractivity contribution in [3.8, 4) is 0 Å². The molecule has 1 aromatic carbocycles. The maximum atomic E-state index is 10.8. The van der Waals surface area contributed by atoms with Crippen LogP contribution in [0.25, 0.3) is 0 Å². The summed E-state index contributed by atoms with van der Waals surface area (Å²) in [7, 11) is 1.35. The highest BCUT2D eigenvalue weighted by atomic mass is 16.7. The molecule has 0 aliphatic carbocycles. The minimum atomic E-state index is -0.354. The molecule has 0 spiro atoms. The second-order valence-corrected chi connectivity index (χ2v) is 4.09. The van der Waals surface area contributed by atoms with Gasteiger partial charge in [0.15, 0.2) is 0 Å². The fourth-order valence-electron chi connectivity index (χ4n) is 1.39. The van der Waals surface area contributed by atoms with Gasteiger partial charge < -0.3 is 14.2 Å². The third-order valence-corrected chi connectivity index (χ3v) is 2.47. The Balaban J connectivity index is 2.09.